The lowest BCUT2D eigenvalue weighted by molar-refractivity contribution is 0.238. The average Bonchev–Trinajstić information content (AvgIpc) is 1.97. The van der Waals surface area contributed by atoms with Crippen LogP contribution in [0.5, 0.6) is 0 Å². The topological polar surface area (TPSA) is 40.5 Å². The molecule has 0 aromatic carbocycles. The van der Waals surface area contributed by atoms with Crippen molar-refractivity contribution in [3.8, 4) is 0 Å². The van der Waals surface area contributed by atoms with Crippen LogP contribution in [0.25, 0.3) is 0 Å². The first-order valence-electron chi connectivity index (χ1n) is 3.84. The highest BCUT2D eigenvalue weighted by Gasteiger charge is 2.24. The Hall–Kier alpha value is -0.920. The van der Waals surface area contributed by atoms with E-state index in [2.05, 4.69) is 0 Å². The summed E-state index contributed by atoms with van der Waals surface area (Å²) in [5.74, 6) is 0.849. The zero-order valence-corrected chi connectivity index (χ0v) is 7.13. The molecule has 0 spiro atoms. The Bertz CT molecular complexity index is 226. The molecule has 0 saturated heterocycles. The molecule has 0 aromatic heterocycles. The van der Waals surface area contributed by atoms with Gasteiger partial charge in [0.1, 0.15) is 0 Å². The molecule has 1 rings (SSSR count). The summed E-state index contributed by atoms with van der Waals surface area (Å²) < 4.78 is 0. The van der Waals surface area contributed by atoms with Crippen molar-refractivity contribution < 1.29 is 10.2 Å². The average molecular weight is 154 g/mol. The van der Waals surface area contributed by atoms with Crippen LogP contribution in [-0.2, 0) is 0 Å². The molecule has 0 amide bonds. The number of aliphatic hydroxyl groups excluding tert-OH is 2. The predicted molar refractivity (Wildman–Crippen MR) is 44.4 cm³/mol. The van der Waals surface area contributed by atoms with E-state index in [-0.39, 0.29) is 11.8 Å². The SMILES string of the molecule is CC1=C(O)C(C)C(C)C(O)=C1. The van der Waals surface area contributed by atoms with Crippen LogP contribution in [0, 0.1) is 11.8 Å². The molecule has 2 unspecified atom stereocenters. The Kier molecular flexibility index (Phi) is 1.94. The fourth-order valence-electron chi connectivity index (χ4n) is 1.28. The molecule has 0 fully saturated rings. The zero-order valence-electron chi connectivity index (χ0n) is 7.13. The van der Waals surface area contributed by atoms with Gasteiger partial charge in [-0.2, -0.15) is 0 Å². The summed E-state index contributed by atoms with van der Waals surface area (Å²) in [6, 6.07) is 0. The molecular weight excluding hydrogens is 140 g/mol. The lowest BCUT2D eigenvalue weighted by atomic mass is 9.86. The second kappa shape index (κ2) is 2.61. The van der Waals surface area contributed by atoms with Gasteiger partial charge in [0.15, 0.2) is 0 Å². The van der Waals surface area contributed by atoms with Crippen LogP contribution in [0.3, 0.4) is 0 Å². The Morgan fingerprint density at radius 3 is 2.27 bits per heavy atom. The van der Waals surface area contributed by atoms with E-state index in [1.54, 1.807) is 13.0 Å². The van der Waals surface area contributed by atoms with E-state index in [0.717, 1.165) is 5.57 Å². The quantitative estimate of drug-likeness (QED) is 0.563. The van der Waals surface area contributed by atoms with Gasteiger partial charge >= 0.3 is 0 Å². The van der Waals surface area contributed by atoms with E-state index < -0.39 is 0 Å². The number of aliphatic hydroxyl groups is 2. The lowest BCUT2D eigenvalue weighted by Gasteiger charge is -2.24. The summed E-state index contributed by atoms with van der Waals surface area (Å²) in [6.45, 7) is 5.61. The summed E-state index contributed by atoms with van der Waals surface area (Å²) in [5.41, 5.74) is 0.771. The third kappa shape index (κ3) is 1.25. The van der Waals surface area contributed by atoms with Crippen LogP contribution < -0.4 is 0 Å². The van der Waals surface area contributed by atoms with Crippen molar-refractivity contribution >= 4 is 0 Å². The fourth-order valence-corrected chi connectivity index (χ4v) is 1.28. The molecule has 0 heterocycles. The van der Waals surface area contributed by atoms with Crippen LogP contribution in [-0.4, -0.2) is 10.2 Å². The Labute approximate surface area is 66.9 Å². The van der Waals surface area contributed by atoms with Gasteiger partial charge in [0.05, 0.1) is 11.5 Å². The molecule has 2 atom stereocenters. The van der Waals surface area contributed by atoms with Gasteiger partial charge in [0, 0.05) is 11.8 Å². The van der Waals surface area contributed by atoms with Gasteiger partial charge in [-0.05, 0) is 18.6 Å². The van der Waals surface area contributed by atoms with Crippen molar-refractivity contribution in [3.63, 3.8) is 0 Å². The molecule has 1 aliphatic rings. The molecule has 2 nitrogen and oxygen atoms in total. The minimum absolute atomic E-state index is 0.0405. The van der Waals surface area contributed by atoms with Crippen molar-refractivity contribution in [2.24, 2.45) is 11.8 Å². The first kappa shape index (κ1) is 8.18. The van der Waals surface area contributed by atoms with E-state index in [0.29, 0.717) is 11.5 Å². The molecule has 62 valence electrons. The highest BCUT2D eigenvalue weighted by molar-refractivity contribution is 5.29. The molecular formula is C9H14O2. The summed E-state index contributed by atoms with van der Waals surface area (Å²) in [6.07, 6.45) is 1.62. The lowest BCUT2D eigenvalue weighted by Crippen LogP contribution is -2.17. The van der Waals surface area contributed by atoms with E-state index in [1.807, 2.05) is 13.8 Å². The second-order valence-corrected chi connectivity index (χ2v) is 3.21. The monoisotopic (exact) mass is 154 g/mol. The Balaban J connectivity index is 3.01. The van der Waals surface area contributed by atoms with Crippen LogP contribution in [0.15, 0.2) is 23.2 Å². The van der Waals surface area contributed by atoms with Crippen molar-refractivity contribution in [1.29, 1.82) is 0 Å². The van der Waals surface area contributed by atoms with Crippen molar-refractivity contribution in [3.05, 3.63) is 23.2 Å². The van der Waals surface area contributed by atoms with E-state index in [9.17, 15) is 10.2 Å². The molecule has 2 N–H and O–H groups in total. The van der Waals surface area contributed by atoms with E-state index in [4.69, 9.17) is 0 Å². The molecule has 0 saturated carbocycles. The summed E-state index contributed by atoms with van der Waals surface area (Å²) in [7, 11) is 0. The number of hydrogen-bond donors (Lipinski definition) is 2. The Morgan fingerprint density at radius 1 is 1.18 bits per heavy atom. The number of rotatable bonds is 0. The molecule has 0 aliphatic heterocycles. The maximum atomic E-state index is 9.46. The molecule has 1 aliphatic carbocycles. The summed E-state index contributed by atoms with van der Waals surface area (Å²) >= 11 is 0. The molecule has 0 bridgehead atoms. The summed E-state index contributed by atoms with van der Waals surface area (Å²) in [4.78, 5) is 0. The van der Waals surface area contributed by atoms with Gasteiger partial charge < -0.3 is 10.2 Å². The number of allylic oxidation sites excluding steroid dienone is 4. The molecule has 0 radical (unpaired) electrons. The van der Waals surface area contributed by atoms with Gasteiger partial charge in [-0.15, -0.1) is 0 Å². The van der Waals surface area contributed by atoms with Crippen LogP contribution in [0.1, 0.15) is 20.8 Å². The van der Waals surface area contributed by atoms with Crippen molar-refractivity contribution in [1.82, 2.24) is 0 Å². The van der Waals surface area contributed by atoms with Crippen molar-refractivity contribution in [2.45, 2.75) is 20.8 Å². The second-order valence-electron chi connectivity index (χ2n) is 3.21. The van der Waals surface area contributed by atoms with Crippen LogP contribution >= 0.6 is 0 Å². The maximum absolute atomic E-state index is 9.46. The number of hydrogen-bond acceptors (Lipinski definition) is 2. The van der Waals surface area contributed by atoms with Gasteiger partial charge in [-0.1, -0.05) is 13.8 Å². The van der Waals surface area contributed by atoms with Gasteiger partial charge in [0.2, 0.25) is 0 Å². The minimum atomic E-state index is 0.0405. The van der Waals surface area contributed by atoms with Crippen molar-refractivity contribution in [2.75, 3.05) is 0 Å². The third-order valence-electron chi connectivity index (χ3n) is 2.42. The van der Waals surface area contributed by atoms with Gasteiger partial charge in [-0.25, -0.2) is 0 Å². The molecule has 0 aromatic rings. The highest BCUT2D eigenvalue weighted by Crippen LogP contribution is 2.31. The largest absolute Gasteiger partial charge is 0.512 e. The van der Waals surface area contributed by atoms with Gasteiger partial charge in [0.25, 0.3) is 0 Å². The predicted octanol–water partition coefficient (Wildman–Crippen LogP) is 2.55. The standard InChI is InChI=1S/C9H14O2/c1-5-4-8(10)6(2)7(3)9(5)11/h4,6-7,10-11H,1-3H3. The smallest absolute Gasteiger partial charge is 0.0988 e. The Morgan fingerprint density at radius 2 is 1.73 bits per heavy atom. The summed E-state index contributed by atoms with van der Waals surface area (Å²) in [5, 5.41) is 18.8. The zero-order chi connectivity index (χ0) is 8.59. The molecule has 2 heteroatoms. The van der Waals surface area contributed by atoms with Gasteiger partial charge in [-0.3, -0.25) is 0 Å². The normalized spacial score (nSPS) is 32.1. The van der Waals surface area contributed by atoms with E-state index >= 15 is 0 Å². The fraction of sp³-hybridized carbons (Fsp3) is 0.556. The first-order valence-corrected chi connectivity index (χ1v) is 3.84. The third-order valence-corrected chi connectivity index (χ3v) is 2.42. The highest BCUT2D eigenvalue weighted by atomic mass is 16.3. The minimum Gasteiger partial charge on any atom is -0.512 e. The maximum Gasteiger partial charge on any atom is 0.0988 e. The van der Waals surface area contributed by atoms with Crippen LogP contribution in [0.2, 0.25) is 0 Å². The molecule has 11 heavy (non-hydrogen) atoms. The first-order chi connectivity index (χ1) is 5.04. The van der Waals surface area contributed by atoms with E-state index in [1.165, 1.54) is 0 Å². The van der Waals surface area contributed by atoms with Crippen LogP contribution in [0.4, 0.5) is 0 Å².